The number of likely N-dealkylation sites (tertiary alicyclic amines) is 1. The number of carbonyl (C=O) groups excluding carboxylic acids is 1. The summed E-state index contributed by atoms with van der Waals surface area (Å²) in [7, 11) is -3.46. The number of nitrogens with zero attached hydrogens (tertiary/aromatic N) is 1. The lowest BCUT2D eigenvalue weighted by molar-refractivity contribution is 0.0105. The van der Waals surface area contributed by atoms with Crippen LogP contribution in [0.1, 0.15) is 51.2 Å². The Morgan fingerprint density at radius 2 is 1.88 bits per heavy atom. The van der Waals surface area contributed by atoms with Crippen LogP contribution in [0.5, 0.6) is 0 Å². The smallest absolute Gasteiger partial charge is 0.410 e. The first kappa shape index (κ1) is 20.7. The first-order valence-corrected chi connectivity index (χ1v) is 10.7. The zero-order chi connectivity index (χ0) is 19.4. The van der Waals surface area contributed by atoms with Gasteiger partial charge in [0.05, 0.1) is 5.75 Å². The quantitative estimate of drug-likeness (QED) is 0.848. The highest BCUT2D eigenvalue weighted by Crippen LogP contribution is 2.20. The average Bonchev–Trinajstić information content (AvgIpc) is 2.54. The van der Waals surface area contributed by atoms with Gasteiger partial charge in [0.25, 0.3) is 0 Å². The van der Waals surface area contributed by atoms with Crippen LogP contribution >= 0.6 is 0 Å². The number of benzene rings is 1. The fourth-order valence-corrected chi connectivity index (χ4v) is 4.13. The number of amides is 1. The molecule has 1 aliphatic rings. The van der Waals surface area contributed by atoms with Crippen molar-refractivity contribution in [2.75, 3.05) is 13.1 Å². The van der Waals surface area contributed by atoms with Gasteiger partial charge in [0.2, 0.25) is 10.0 Å². The molecule has 1 atom stereocenters. The maximum absolute atomic E-state index is 12.4. The molecule has 7 heteroatoms. The Morgan fingerprint density at radius 3 is 2.50 bits per heavy atom. The maximum Gasteiger partial charge on any atom is 0.410 e. The van der Waals surface area contributed by atoms with Crippen molar-refractivity contribution in [2.45, 2.75) is 64.4 Å². The van der Waals surface area contributed by atoms with Crippen LogP contribution in [0.3, 0.4) is 0 Å². The van der Waals surface area contributed by atoms with Crippen LogP contribution in [0.15, 0.2) is 24.3 Å². The summed E-state index contributed by atoms with van der Waals surface area (Å²) in [4.78, 5) is 14.1. The fourth-order valence-electron chi connectivity index (χ4n) is 2.95. The van der Waals surface area contributed by atoms with E-state index in [0.717, 1.165) is 30.4 Å². The van der Waals surface area contributed by atoms with Crippen molar-refractivity contribution in [3.63, 3.8) is 0 Å². The second-order valence-corrected chi connectivity index (χ2v) is 9.72. The summed E-state index contributed by atoms with van der Waals surface area (Å²) in [6, 6.07) is 7.27. The zero-order valence-corrected chi connectivity index (χ0v) is 16.9. The van der Waals surface area contributed by atoms with E-state index in [-0.39, 0.29) is 24.4 Å². The molecule has 2 rings (SSSR count). The molecule has 1 heterocycles. The molecule has 1 aliphatic heterocycles. The van der Waals surface area contributed by atoms with Gasteiger partial charge in [-0.2, -0.15) is 0 Å². The normalized spacial score (nSPS) is 18.6. The topological polar surface area (TPSA) is 75.7 Å². The van der Waals surface area contributed by atoms with E-state index >= 15 is 0 Å². The van der Waals surface area contributed by atoms with Crippen molar-refractivity contribution < 1.29 is 17.9 Å². The molecule has 1 saturated heterocycles. The number of carbonyl (C=O) groups is 1. The number of hydrogen-bond donors (Lipinski definition) is 1. The lowest BCUT2D eigenvalue weighted by atomic mass is 10.0. The molecule has 1 amide bonds. The summed E-state index contributed by atoms with van der Waals surface area (Å²) in [5.74, 6) is -0.0631. The Bertz CT molecular complexity index is 708. The van der Waals surface area contributed by atoms with Crippen LogP contribution in [0.25, 0.3) is 0 Å². The van der Waals surface area contributed by atoms with Gasteiger partial charge in [-0.25, -0.2) is 17.9 Å². The summed E-state index contributed by atoms with van der Waals surface area (Å²) < 4.78 is 32.9. The lowest BCUT2D eigenvalue weighted by Gasteiger charge is -2.36. The van der Waals surface area contributed by atoms with Gasteiger partial charge < -0.3 is 9.64 Å². The van der Waals surface area contributed by atoms with Gasteiger partial charge in [0.1, 0.15) is 5.60 Å². The van der Waals surface area contributed by atoms with Crippen LogP contribution in [-0.4, -0.2) is 44.1 Å². The van der Waals surface area contributed by atoms with E-state index in [1.165, 1.54) is 0 Å². The Balaban J connectivity index is 1.96. The number of hydrogen-bond acceptors (Lipinski definition) is 4. The van der Waals surface area contributed by atoms with Gasteiger partial charge in [-0.05, 0) is 52.5 Å². The van der Waals surface area contributed by atoms with Crippen LogP contribution in [-0.2, 0) is 20.5 Å². The summed E-state index contributed by atoms with van der Waals surface area (Å²) in [5.41, 5.74) is 1.27. The molecule has 0 aliphatic carbocycles. The maximum atomic E-state index is 12.4. The Labute approximate surface area is 157 Å². The minimum Gasteiger partial charge on any atom is -0.444 e. The van der Waals surface area contributed by atoms with Crippen LogP contribution in [0.2, 0.25) is 0 Å². The molecule has 0 unspecified atom stereocenters. The Hall–Kier alpha value is -1.60. The lowest BCUT2D eigenvalue weighted by Crippen LogP contribution is -2.50. The van der Waals surface area contributed by atoms with Crippen LogP contribution < -0.4 is 4.72 Å². The van der Waals surface area contributed by atoms with E-state index in [9.17, 15) is 13.2 Å². The van der Waals surface area contributed by atoms with Gasteiger partial charge in [0, 0.05) is 19.1 Å². The third-order valence-corrected chi connectivity index (χ3v) is 5.59. The van der Waals surface area contributed by atoms with Crippen LogP contribution in [0.4, 0.5) is 4.79 Å². The summed E-state index contributed by atoms with van der Waals surface area (Å²) in [6.07, 6.45) is 2.28. The van der Waals surface area contributed by atoms with Crippen molar-refractivity contribution in [3.8, 4) is 0 Å². The predicted octanol–water partition coefficient (Wildman–Crippen LogP) is 3.20. The number of ether oxygens (including phenoxy) is 1. The van der Waals surface area contributed by atoms with Gasteiger partial charge in [0.15, 0.2) is 0 Å². The van der Waals surface area contributed by atoms with Gasteiger partial charge in [-0.3, -0.25) is 0 Å². The van der Waals surface area contributed by atoms with E-state index in [2.05, 4.69) is 4.72 Å². The second kappa shape index (κ2) is 8.39. The Kier molecular flexibility index (Phi) is 6.69. The van der Waals surface area contributed by atoms with E-state index in [0.29, 0.717) is 6.54 Å². The highest BCUT2D eigenvalue weighted by Gasteiger charge is 2.31. The van der Waals surface area contributed by atoms with E-state index < -0.39 is 15.6 Å². The molecule has 1 aromatic carbocycles. The minimum atomic E-state index is -3.46. The monoisotopic (exact) mass is 382 g/mol. The number of sulfonamides is 1. The summed E-state index contributed by atoms with van der Waals surface area (Å²) >= 11 is 0. The van der Waals surface area contributed by atoms with Crippen molar-refractivity contribution in [1.82, 2.24) is 9.62 Å². The highest BCUT2D eigenvalue weighted by atomic mass is 32.2. The molecular weight excluding hydrogens is 352 g/mol. The second-order valence-electron chi connectivity index (χ2n) is 7.92. The van der Waals surface area contributed by atoms with Crippen molar-refractivity contribution in [1.29, 1.82) is 0 Å². The SMILES string of the molecule is Cc1ccc(CS(=O)(=O)NC[C@@H]2CCCCN2C(=O)OC(C)(C)C)cc1. The predicted molar refractivity (Wildman–Crippen MR) is 102 cm³/mol. The van der Waals surface area contributed by atoms with Gasteiger partial charge in [-0.1, -0.05) is 29.8 Å². The molecule has 0 saturated carbocycles. The highest BCUT2D eigenvalue weighted by molar-refractivity contribution is 7.88. The number of rotatable bonds is 5. The molecule has 6 nitrogen and oxygen atoms in total. The zero-order valence-electron chi connectivity index (χ0n) is 16.1. The molecule has 146 valence electrons. The van der Waals surface area contributed by atoms with E-state index in [1.54, 1.807) is 4.90 Å². The molecule has 26 heavy (non-hydrogen) atoms. The molecule has 0 radical (unpaired) electrons. The first-order chi connectivity index (χ1) is 12.1. The molecular formula is C19H30N2O4S. The number of aryl methyl sites for hydroxylation is 1. The van der Waals surface area contributed by atoms with Crippen LogP contribution in [0, 0.1) is 6.92 Å². The standard InChI is InChI=1S/C19H30N2O4S/c1-15-8-10-16(11-9-15)14-26(23,24)20-13-17-7-5-6-12-21(17)18(22)25-19(2,3)4/h8-11,17,20H,5-7,12-14H2,1-4H3/t17-/m0/s1. The average molecular weight is 383 g/mol. The van der Waals surface area contributed by atoms with Gasteiger partial charge >= 0.3 is 6.09 Å². The number of nitrogens with one attached hydrogen (secondary N) is 1. The molecule has 1 aromatic rings. The number of piperidine rings is 1. The Morgan fingerprint density at radius 1 is 1.23 bits per heavy atom. The van der Waals surface area contributed by atoms with Gasteiger partial charge in [-0.15, -0.1) is 0 Å². The van der Waals surface area contributed by atoms with E-state index in [4.69, 9.17) is 4.74 Å². The minimum absolute atomic E-state index is 0.0631. The van der Waals surface area contributed by atoms with E-state index in [1.807, 2.05) is 52.0 Å². The third kappa shape index (κ3) is 6.61. The largest absolute Gasteiger partial charge is 0.444 e. The van der Waals surface area contributed by atoms with Crippen molar-refractivity contribution in [3.05, 3.63) is 35.4 Å². The summed E-state index contributed by atoms with van der Waals surface area (Å²) in [6.45, 7) is 8.26. The van der Waals surface area contributed by atoms with Crippen molar-refractivity contribution >= 4 is 16.1 Å². The summed E-state index contributed by atoms with van der Waals surface area (Å²) in [5, 5.41) is 0. The molecule has 0 spiro atoms. The molecule has 0 bridgehead atoms. The van der Waals surface area contributed by atoms with Crippen molar-refractivity contribution in [2.24, 2.45) is 0 Å². The molecule has 0 aromatic heterocycles. The first-order valence-electron chi connectivity index (χ1n) is 9.08. The molecule has 1 fully saturated rings. The molecule has 1 N–H and O–H groups in total. The fraction of sp³-hybridized carbons (Fsp3) is 0.632. The third-order valence-electron chi connectivity index (χ3n) is 4.27.